The molecule has 0 spiro atoms. The van der Waals surface area contributed by atoms with Gasteiger partial charge in [0.1, 0.15) is 0 Å². The Morgan fingerprint density at radius 2 is 0.688 bits per heavy atom. The highest BCUT2D eigenvalue weighted by Crippen LogP contribution is 2.14. The van der Waals surface area contributed by atoms with Crippen molar-refractivity contribution in [3.8, 4) is 0 Å². The Kier molecular flexibility index (Phi) is 28.9. The monoisotopic (exact) mass is 454 g/mol. The molecule has 1 atom stereocenters. The molecule has 0 rings (SSSR count). The number of unbranched alkanes of at least 4 members (excludes halogenated alkanes) is 23. The summed E-state index contributed by atoms with van der Waals surface area (Å²) in [6, 6.07) is 0. The van der Waals surface area contributed by atoms with Crippen molar-refractivity contribution in [2.75, 3.05) is 6.61 Å². The third-order valence-electron chi connectivity index (χ3n) is 6.86. The number of aliphatic hydroxyl groups is 1. The Hall–Kier alpha value is -0.0800. The van der Waals surface area contributed by atoms with E-state index in [4.69, 9.17) is 4.74 Å². The second kappa shape index (κ2) is 29.0. The van der Waals surface area contributed by atoms with E-state index in [-0.39, 0.29) is 0 Å². The predicted molar refractivity (Wildman–Crippen MR) is 143 cm³/mol. The van der Waals surface area contributed by atoms with Gasteiger partial charge in [-0.05, 0) is 19.3 Å². The van der Waals surface area contributed by atoms with Crippen LogP contribution in [-0.2, 0) is 4.74 Å². The molecule has 0 saturated carbocycles. The molecule has 0 aromatic carbocycles. The molecule has 0 amide bonds. The number of ether oxygens (including phenoxy) is 1. The van der Waals surface area contributed by atoms with E-state index >= 15 is 0 Å². The lowest BCUT2D eigenvalue weighted by atomic mass is 10.0. The summed E-state index contributed by atoms with van der Waals surface area (Å²) in [4.78, 5) is 0. The van der Waals surface area contributed by atoms with Crippen LogP contribution in [0.5, 0.6) is 0 Å². The van der Waals surface area contributed by atoms with E-state index in [0.717, 1.165) is 25.9 Å². The lowest BCUT2D eigenvalue weighted by Gasteiger charge is -2.12. The SMILES string of the molecule is CCCCCCCCCCCCCCCCOC(O)CCCCCCCCCCCCC. The normalized spacial score (nSPS) is 12.5. The smallest absolute Gasteiger partial charge is 0.154 e. The Balaban J connectivity index is 3.12. The summed E-state index contributed by atoms with van der Waals surface area (Å²) in [6.07, 6.45) is 34.5. The van der Waals surface area contributed by atoms with Crippen molar-refractivity contribution in [2.45, 2.75) is 187 Å². The zero-order chi connectivity index (χ0) is 23.4. The van der Waals surface area contributed by atoms with E-state index in [9.17, 15) is 5.11 Å². The molecule has 0 heterocycles. The number of hydrogen-bond donors (Lipinski definition) is 1. The Morgan fingerprint density at radius 1 is 0.406 bits per heavy atom. The summed E-state index contributed by atoms with van der Waals surface area (Å²) in [5, 5.41) is 9.97. The fourth-order valence-electron chi connectivity index (χ4n) is 4.58. The lowest BCUT2D eigenvalue weighted by molar-refractivity contribution is -0.105. The summed E-state index contributed by atoms with van der Waals surface area (Å²) in [6.45, 7) is 5.30. The van der Waals surface area contributed by atoms with Crippen molar-refractivity contribution in [1.29, 1.82) is 0 Å². The van der Waals surface area contributed by atoms with E-state index in [1.54, 1.807) is 0 Å². The molecule has 0 bridgehead atoms. The second-order valence-corrected chi connectivity index (χ2v) is 10.2. The molecule has 2 heteroatoms. The Bertz CT molecular complexity index is 318. The molecule has 0 saturated heterocycles. The van der Waals surface area contributed by atoms with Crippen LogP contribution in [0.15, 0.2) is 0 Å². The van der Waals surface area contributed by atoms with Crippen LogP contribution in [0.4, 0.5) is 0 Å². The average Bonchev–Trinajstić information content (AvgIpc) is 2.80. The van der Waals surface area contributed by atoms with Gasteiger partial charge in [-0.15, -0.1) is 0 Å². The van der Waals surface area contributed by atoms with Crippen LogP contribution >= 0.6 is 0 Å². The minimum absolute atomic E-state index is 0.532. The van der Waals surface area contributed by atoms with Crippen molar-refractivity contribution >= 4 is 0 Å². The first-order valence-electron chi connectivity index (χ1n) is 15.1. The third-order valence-corrected chi connectivity index (χ3v) is 6.86. The number of aliphatic hydroxyl groups excluding tert-OH is 1. The topological polar surface area (TPSA) is 29.5 Å². The van der Waals surface area contributed by atoms with Gasteiger partial charge >= 0.3 is 0 Å². The summed E-state index contributed by atoms with van der Waals surface area (Å²) in [5.41, 5.74) is 0. The second-order valence-electron chi connectivity index (χ2n) is 10.2. The van der Waals surface area contributed by atoms with Gasteiger partial charge in [-0.1, -0.05) is 162 Å². The molecule has 1 unspecified atom stereocenters. The molecule has 0 radical (unpaired) electrons. The maximum Gasteiger partial charge on any atom is 0.154 e. The molecule has 32 heavy (non-hydrogen) atoms. The van der Waals surface area contributed by atoms with Gasteiger partial charge in [-0.2, -0.15) is 0 Å². The molecule has 0 aromatic rings. The van der Waals surface area contributed by atoms with E-state index < -0.39 is 6.29 Å². The quantitative estimate of drug-likeness (QED) is 0.0940. The van der Waals surface area contributed by atoms with E-state index in [1.165, 1.54) is 148 Å². The minimum atomic E-state index is -0.532. The fraction of sp³-hybridized carbons (Fsp3) is 1.00. The van der Waals surface area contributed by atoms with Crippen LogP contribution < -0.4 is 0 Å². The predicted octanol–water partition coefficient (Wildman–Crippen LogP) is 10.5. The summed E-state index contributed by atoms with van der Waals surface area (Å²) in [5.74, 6) is 0. The van der Waals surface area contributed by atoms with Crippen molar-refractivity contribution in [3.63, 3.8) is 0 Å². The maximum atomic E-state index is 9.97. The molecule has 2 nitrogen and oxygen atoms in total. The third kappa shape index (κ3) is 28.0. The highest BCUT2D eigenvalue weighted by atomic mass is 16.6. The van der Waals surface area contributed by atoms with E-state index in [0.29, 0.717) is 0 Å². The summed E-state index contributed by atoms with van der Waals surface area (Å²) < 4.78 is 5.60. The van der Waals surface area contributed by atoms with Crippen LogP contribution in [-0.4, -0.2) is 18.0 Å². The van der Waals surface area contributed by atoms with Crippen LogP contribution in [0.25, 0.3) is 0 Å². The van der Waals surface area contributed by atoms with Gasteiger partial charge in [0.2, 0.25) is 0 Å². The average molecular weight is 455 g/mol. The van der Waals surface area contributed by atoms with Gasteiger partial charge in [0.05, 0.1) is 0 Å². The molecule has 194 valence electrons. The molecule has 0 aliphatic carbocycles. The van der Waals surface area contributed by atoms with Crippen LogP contribution in [0, 0.1) is 0 Å². The Labute approximate surface area is 203 Å². The zero-order valence-electron chi connectivity index (χ0n) is 22.5. The number of hydrogen-bond acceptors (Lipinski definition) is 2. The van der Waals surface area contributed by atoms with Crippen LogP contribution in [0.2, 0.25) is 0 Å². The van der Waals surface area contributed by atoms with Gasteiger partial charge in [-0.3, -0.25) is 0 Å². The Morgan fingerprint density at radius 3 is 1.03 bits per heavy atom. The lowest BCUT2D eigenvalue weighted by Crippen LogP contribution is -2.12. The molecular weight excluding hydrogens is 392 g/mol. The summed E-state index contributed by atoms with van der Waals surface area (Å²) >= 11 is 0. The molecule has 0 fully saturated rings. The first-order valence-corrected chi connectivity index (χ1v) is 15.1. The van der Waals surface area contributed by atoms with E-state index in [2.05, 4.69) is 13.8 Å². The van der Waals surface area contributed by atoms with Gasteiger partial charge in [0.25, 0.3) is 0 Å². The molecule has 0 aliphatic heterocycles. The highest BCUT2D eigenvalue weighted by Gasteiger charge is 2.03. The molecule has 0 aromatic heterocycles. The van der Waals surface area contributed by atoms with Gasteiger partial charge < -0.3 is 9.84 Å². The molecule has 0 aliphatic rings. The maximum absolute atomic E-state index is 9.97. The van der Waals surface area contributed by atoms with Gasteiger partial charge in [-0.25, -0.2) is 0 Å². The summed E-state index contributed by atoms with van der Waals surface area (Å²) in [7, 11) is 0. The first kappa shape index (κ1) is 31.9. The van der Waals surface area contributed by atoms with Crippen molar-refractivity contribution in [3.05, 3.63) is 0 Å². The van der Waals surface area contributed by atoms with Crippen molar-refractivity contribution in [1.82, 2.24) is 0 Å². The largest absolute Gasteiger partial charge is 0.368 e. The van der Waals surface area contributed by atoms with Crippen LogP contribution in [0.1, 0.15) is 181 Å². The minimum Gasteiger partial charge on any atom is -0.368 e. The molecular formula is C30H62O2. The fourth-order valence-corrected chi connectivity index (χ4v) is 4.58. The van der Waals surface area contributed by atoms with Crippen molar-refractivity contribution in [2.24, 2.45) is 0 Å². The van der Waals surface area contributed by atoms with Crippen LogP contribution in [0.3, 0.4) is 0 Å². The standard InChI is InChI=1S/C30H62O2/c1-3-5-7-9-11-13-15-16-17-19-21-23-25-27-29-32-30(31)28-26-24-22-20-18-14-12-10-8-6-4-2/h30-31H,3-29H2,1-2H3. The highest BCUT2D eigenvalue weighted by molar-refractivity contribution is 4.52. The number of rotatable bonds is 28. The van der Waals surface area contributed by atoms with Gasteiger partial charge in [0, 0.05) is 6.61 Å². The van der Waals surface area contributed by atoms with E-state index in [1.807, 2.05) is 0 Å². The first-order chi connectivity index (χ1) is 15.8. The molecule has 1 N–H and O–H groups in total. The van der Waals surface area contributed by atoms with Crippen molar-refractivity contribution < 1.29 is 9.84 Å². The zero-order valence-corrected chi connectivity index (χ0v) is 22.5. The van der Waals surface area contributed by atoms with Gasteiger partial charge in [0.15, 0.2) is 6.29 Å².